The standard InChI is InChI=1S/C13H16N2O3S/c1-11-9-13(15-18-11)10-14-19(16,17)8-7-12-5-3-2-4-6-12/h2-6,9,14H,7-8,10H2,1H3. The summed E-state index contributed by atoms with van der Waals surface area (Å²) in [6.07, 6.45) is 0.494. The Balaban J connectivity index is 1.85. The highest BCUT2D eigenvalue weighted by Gasteiger charge is 2.11. The summed E-state index contributed by atoms with van der Waals surface area (Å²) >= 11 is 0. The number of rotatable bonds is 6. The minimum absolute atomic E-state index is 0.0633. The second kappa shape index (κ2) is 5.99. The predicted octanol–water partition coefficient (Wildman–Crippen LogP) is 1.65. The maximum Gasteiger partial charge on any atom is 0.212 e. The normalized spacial score (nSPS) is 11.6. The highest BCUT2D eigenvalue weighted by molar-refractivity contribution is 7.89. The van der Waals surface area contributed by atoms with Crippen LogP contribution in [0.25, 0.3) is 0 Å². The summed E-state index contributed by atoms with van der Waals surface area (Å²) in [5.41, 5.74) is 1.59. The van der Waals surface area contributed by atoms with Crippen molar-refractivity contribution >= 4 is 10.0 Å². The Morgan fingerprint density at radius 2 is 2.00 bits per heavy atom. The highest BCUT2D eigenvalue weighted by atomic mass is 32.2. The van der Waals surface area contributed by atoms with E-state index in [2.05, 4.69) is 9.88 Å². The minimum atomic E-state index is -3.30. The Bertz CT molecular complexity index is 620. The molecule has 0 amide bonds. The smallest absolute Gasteiger partial charge is 0.212 e. The van der Waals surface area contributed by atoms with E-state index < -0.39 is 10.0 Å². The number of hydrogen-bond acceptors (Lipinski definition) is 4. The summed E-state index contributed by atoms with van der Waals surface area (Å²) < 4.78 is 31.0. The van der Waals surface area contributed by atoms with Crippen LogP contribution in [0, 0.1) is 6.92 Å². The molecule has 1 aromatic heterocycles. The lowest BCUT2D eigenvalue weighted by molar-refractivity contribution is 0.390. The molecule has 0 fully saturated rings. The minimum Gasteiger partial charge on any atom is -0.361 e. The molecule has 1 heterocycles. The SMILES string of the molecule is Cc1cc(CNS(=O)(=O)CCc2ccccc2)no1. The second-order valence-corrected chi connectivity index (χ2v) is 6.23. The van der Waals surface area contributed by atoms with E-state index in [0.29, 0.717) is 17.9 Å². The van der Waals surface area contributed by atoms with Crippen LogP contribution in [0.5, 0.6) is 0 Å². The average molecular weight is 280 g/mol. The second-order valence-electron chi connectivity index (χ2n) is 4.30. The molecule has 1 aromatic carbocycles. The van der Waals surface area contributed by atoms with Gasteiger partial charge in [0, 0.05) is 6.07 Å². The van der Waals surface area contributed by atoms with Crippen LogP contribution < -0.4 is 4.72 Å². The number of aromatic nitrogens is 1. The van der Waals surface area contributed by atoms with E-state index in [1.54, 1.807) is 13.0 Å². The van der Waals surface area contributed by atoms with E-state index in [4.69, 9.17) is 4.52 Å². The van der Waals surface area contributed by atoms with Crippen LogP contribution in [0.2, 0.25) is 0 Å². The van der Waals surface area contributed by atoms with Crippen molar-refractivity contribution in [1.82, 2.24) is 9.88 Å². The lowest BCUT2D eigenvalue weighted by atomic mass is 10.2. The predicted molar refractivity (Wildman–Crippen MR) is 72.0 cm³/mol. The molecule has 0 aliphatic heterocycles. The monoisotopic (exact) mass is 280 g/mol. The molecule has 0 atom stereocenters. The molecule has 19 heavy (non-hydrogen) atoms. The Hall–Kier alpha value is -1.66. The van der Waals surface area contributed by atoms with Gasteiger partial charge in [-0.15, -0.1) is 0 Å². The molecular weight excluding hydrogens is 264 g/mol. The number of nitrogens with one attached hydrogen (secondary N) is 1. The Morgan fingerprint density at radius 1 is 1.26 bits per heavy atom. The maximum atomic E-state index is 11.8. The van der Waals surface area contributed by atoms with Gasteiger partial charge >= 0.3 is 0 Å². The molecule has 0 saturated heterocycles. The van der Waals surface area contributed by atoms with Gasteiger partial charge in [-0.2, -0.15) is 0 Å². The topological polar surface area (TPSA) is 72.2 Å². The maximum absolute atomic E-state index is 11.8. The molecule has 0 saturated carbocycles. The number of hydrogen-bond donors (Lipinski definition) is 1. The van der Waals surface area contributed by atoms with Gasteiger partial charge in [-0.1, -0.05) is 35.5 Å². The van der Waals surface area contributed by atoms with Crippen molar-refractivity contribution in [2.75, 3.05) is 5.75 Å². The largest absolute Gasteiger partial charge is 0.361 e. The van der Waals surface area contributed by atoms with Crippen LogP contribution in [0.3, 0.4) is 0 Å². The molecule has 0 radical (unpaired) electrons. The van der Waals surface area contributed by atoms with Crippen LogP contribution in [0.15, 0.2) is 40.9 Å². The van der Waals surface area contributed by atoms with Crippen molar-refractivity contribution in [2.45, 2.75) is 19.9 Å². The summed E-state index contributed by atoms with van der Waals surface area (Å²) in [4.78, 5) is 0. The number of benzene rings is 1. The fraction of sp³-hybridized carbons (Fsp3) is 0.308. The molecule has 0 spiro atoms. The van der Waals surface area contributed by atoms with E-state index in [1.165, 1.54) is 0 Å². The van der Waals surface area contributed by atoms with E-state index >= 15 is 0 Å². The van der Waals surface area contributed by atoms with Gasteiger partial charge in [0.15, 0.2) is 0 Å². The fourth-order valence-electron chi connectivity index (χ4n) is 1.65. The molecule has 0 unspecified atom stereocenters. The summed E-state index contributed by atoms with van der Waals surface area (Å²) in [6.45, 7) is 1.93. The first-order chi connectivity index (χ1) is 9.05. The molecular formula is C13H16N2O3S. The third-order valence-electron chi connectivity index (χ3n) is 2.65. The zero-order chi connectivity index (χ0) is 13.7. The van der Waals surface area contributed by atoms with Gasteiger partial charge in [-0.3, -0.25) is 0 Å². The van der Waals surface area contributed by atoms with Gasteiger partial charge in [0.1, 0.15) is 5.76 Å². The molecule has 102 valence electrons. The molecule has 5 nitrogen and oxygen atoms in total. The third kappa shape index (κ3) is 4.50. The Labute approximate surface area is 112 Å². The number of aryl methyl sites for hydroxylation is 2. The summed E-state index contributed by atoms with van der Waals surface area (Å²) in [7, 11) is -3.30. The van der Waals surface area contributed by atoms with Crippen molar-refractivity contribution in [1.29, 1.82) is 0 Å². The van der Waals surface area contributed by atoms with Crippen LogP contribution in [0.1, 0.15) is 17.0 Å². The summed E-state index contributed by atoms with van der Waals surface area (Å²) in [5, 5.41) is 3.74. The zero-order valence-corrected chi connectivity index (χ0v) is 11.5. The van der Waals surface area contributed by atoms with Gasteiger partial charge in [-0.25, -0.2) is 13.1 Å². The van der Waals surface area contributed by atoms with E-state index in [-0.39, 0.29) is 12.3 Å². The van der Waals surface area contributed by atoms with Crippen LogP contribution in [-0.4, -0.2) is 19.3 Å². The van der Waals surface area contributed by atoms with Crippen LogP contribution in [-0.2, 0) is 23.0 Å². The zero-order valence-electron chi connectivity index (χ0n) is 10.7. The molecule has 2 aromatic rings. The molecule has 0 aliphatic carbocycles. The Kier molecular flexibility index (Phi) is 4.34. The van der Waals surface area contributed by atoms with Crippen LogP contribution >= 0.6 is 0 Å². The van der Waals surface area contributed by atoms with Crippen molar-refractivity contribution < 1.29 is 12.9 Å². The van der Waals surface area contributed by atoms with Crippen LogP contribution in [0.4, 0.5) is 0 Å². The average Bonchev–Trinajstić information content (AvgIpc) is 2.82. The lowest BCUT2D eigenvalue weighted by Crippen LogP contribution is -2.27. The Morgan fingerprint density at radius 3 is 2.63 bits per heavy atom. The van der Waals surface area contributed by atoms with Gasteiger partial charge in [0.05, 0.1) is 18.0 Å². The van der Waals surface area contributed by atoms with Gasteiger partial charge in [0.2, 0.25) is 10.0 Å². The van der Waals surface area contributed by atoms with E-state index in [9.17, 15) is 8.42 Å². The first-order valence-corrected chi connectivity index (χ1v) is 7.64. The van der Waals surface area contributed by atoms with Gasteiger partial charge in [-0.05, 0) is 18.9 Å². The first-order valence-electron chi connectivity index (χ1n) is 5.99. The van der Waals surface area contributed by atoms with Gasteiger partial charge in [0.25, 0.3) is 0 Å². The molecule has 6 heteroatoms. The van der Waals surface area contributed by atoms with Gasteiger partial charge < -0.3 is 4.52 Å². The molecule has 0 aliphatic rings. The van der Waals surface area contributed by atoms with E-state index in [1.807, 2.05) is 30.3 Å². The van der Waals surface area contributed by atoms with Crippen molar-refractivity contribution in [3.05, 3.63) is 53.4 Å². The quantitative estimate of drug-likeness (QED) is 0.873. The summed E-state index contributed by atoms with van der Waals surface area (Å²) in [5.74, 6) is 0.729. The first kappa shape index (κ1) is 13.8. The third-order valence-corrected chi connectivity index (χ3v) is 3.98. The number of nitrogens with zero attached hydrogens (tertiary/aromatic N) is 1. The molecule has 2 rings (SSSR count). The van der Waals surface area contributed by atoms with E-state index in [0.717, 1.165) is 5.56 Å². The molecule has 1 N–H and O–H groups in total. The van der Waals surface area contributed by atoms with Crippen molar-refractivity contribution in [3.8, 4) is 0 Å². The van der Waals surface area contributed by atoms with Crippen molar-refractivity contribution in [3.63, 3.8) is 0 Å². The number of sulfonamides is 1. The lowest BCUT2D eigenvalue weighted by Gasteiger charge is -2.05. The van der Waals surface area contributed by atoms with Crippen molar-refractivity contribution in [2.24, 2.45) is 0 Å². The highest BCUT2D eigenvalue weighted by Crippen LogP contribution is 2.04. The molecule has 0 bridgehead atoms. The fourth-order valence-corrected chi connectivity index (χ4v) is 2.67. The summed E-state index contributed by atoms with van der Waals surface area (Å²) in [6, 6.07) is 11.2.